The fourth-order valence-corrected chi connectivity index (χ4v) is 4.26. The third-order valence-electron chi connectivity index (χ3n) is 5.82. The van der Waals surface area contributed by atoms with Gasteiger partial charge in [-0.1, -0.05) is 37.5 Å². The number of benzene rings is 1. The average molecular weight is 388 g/mol. The van der Waals surface area contributed by atoms with E-state index in [0.717, 1.165) is 19.3 Å². The van der Waals surface area contributed by atoms with E-state index < -0.39 is 35.5 Å². The lowest BCUT2D eigenvalue weighted by molar-refractivity contribution is -0.155. The van der Waals surface area contributed by atoms with E-state index in [9.17, 15) is 19.5 Å². The van der Waals surface area contributed by atoms with Gasteiger partial charge < -0.3 is 20.1 Å². The highest BCUT2D eigenvalue weighted by Gasteiger charge is 2.47. The lowest BCUT2D eigenvalue weighted by Gasteiger charge is -2.40. The monoisotopic (exact) mass is 388 g/mol. The van der Waals surface area contributed by atoms with Gasteiger partial charge in [0.15, 0.2) is 0 Å². The highest BCUT2D eigenvalue weighted by atomic mass is 16.5. The van der Waals surface area contributed by atoms with Crippen LogP contribution in [0.2, 0.25) is 0 Å². The number of esters is 1. The summed E-state index contributed by atoms with van der Waals surface area (Å²) in [6, 6.07) is 6.86. The quantitative estimate of drug-likeness (QED) is 0.748. The van der Waals surface area contributed by atoms with Crippen molar-refractivity contribution in [2.45, 2.75) is 62.6 Å². The molecule has 1 aliphatic heterocycles. The van der Waals surface area contributed by atoms with Gasteiger partial charge in [-0.3, -0.25) is 9.59 Å². The normalized spacial score (nSPS) is 22.4. The molecule has 7 nitrogen and oxygen atoms in total. The van der Waals surface area contributed by atoms with Crippen LogP contribution in [-0.4, -0.2) is 59.1 Å². The summed E-state index contributed by atoms with van der Waals surface area (Å²) in [5.74, 6) is -1.29. The van der Waals surface area contributed by atoms with Crippen LogP contribution in [0.4, 0.5) is 0 Å². The van der Waals surface area contributed by atoms with Crippen LogP contribution < -0.4 is 5.32 Å². The lowest BCUT2D eigenvalue weighted by Crippen LogP contribution is -2.62. The minimum absolute atomic E-state index is 0.409. The van der Waals surface area contributed by atoms with Crippen molar-refractivity contribution in [2.75, 3.05) is 13.7 Å². The van der Waals surface area contributed by atoms with Crippen LogP contribution in [-0.2, 0) is 14.3 Å². The SMILES string of the molecule is COC(=O)[C@@H]1CCCN1C(=O)[C@@H](NC(=O)c1ccccc1)C1(O)CCCCC1. The van der Waals surface area contributed by atoms with Gasteiger partial charge in [-0.25, -0.2) is 4.79 Å². The standard InChI is InChI=1S/C21H28N2O5/c1-28-20(26)16-11-8-14-23(16)19(25)17(21(27)12-6-3-7-13-21)22-18(24)15-9-4-2-5-10-15/h2,4-5,9-10,16-17,27H,3,6-8,11-14H2,1H3,(H,22,24)/t16-,17+/m0/s1. The van der Waals surface area contributed by atoms with Crippen molar-refractivity contribution in [3.05, 3.63) is 35.9 Å². The van der Waals surface area contributed by atoms with Crippen LogP contribution >= 0.6 is 0 Å². The molecule has 7 heteroatoms. The van der Waals surface area contributed by atoms with E-state index in [4.69, 9.17) is 4.74 Å². The summed E-state index contributed by atoms with van der Waals surface area (Å²) in [6.45, 7) is 0.409. The summed E-state index contributed by atoms with van der Waals surface area (Å²) >= 11 is 0. The highest BCUT2D eigenvalue weighted by Crippen LogP contribution is 2.33. The second-order valence-corrected chi connectivity index (χ2v) is 7.65. The molecule has 1 saturated carbocycles. The van der Waals surface area contributed by atoms with Crippen LogP contribution in [0.3, 0.4) is 0 Å². The molecule has 0 spiro atoms. The Balaban J connectivity index is 1.86. The molecule has 28 heavy (non-hydrogen) atoms. The Morgan fingerprint density at radius 1 is 1.14 bits per heavy atom. The summed E-state index contributed by atoms with van der Waals surface area (Å²) in [7, 11) is 1.30. The van der Waals surface area contributed by atoms with Crippen LogP contribution in [0.1, 0.15) is 55.3 Å². The van der Waals surface area contributed by atoms with Crippen LogP contribution in [0.25, 0.3) is 0 Å². The van der Waals surface area contributed by atoms with Crippen molar-refractivity contribution in [3.8, 4) is 0 Å². The summed E-state index contributed by atoms with van der Waals surface area (Å²) in [4.78, 5) is 39.7. The second-order valence-electron chi connectivity index (χ2n) is 7.65. The second kappa shape index (κ2) is 8.73. The Bertz CT molecular complexity index is 715. The third-order valence-corrected chi connectivity index (χ3v) is 5.82. The summed E-state index contributed by atoms with van der Waals surface area (Å²) < 4.78 is 4.83. The first-order chi connectivity index (χ1) is 13.5. The maximum Gasteiger partial charge on any atom is 0.328 e. The molecule has 152 valence electrons. The van der Waals surface area contributed by atoms with Gasteiger partial charge in [0, 0.05) is 12.1 Å². The summed E-state index contributed by atoms with van der Waals surface area (Å²) in [6.07, 6.45) is 4.66. The number of carbonyl (C=O) groups excluding carboxylic acids is 3. The minimum Gasteiger partial charge on any atom is -0.467 e. The van der Waals surface area contributed by atoms with Crippen LogP contribution in [0, 0.1) is 0 Å². The number of ether oxygens (including phenoxy) is 1. The number of rotatable bonds is 5. The van der Waals surface area contributed by atoms with E-state index in [-0.39, 0.29) is 0 Å². The molecule has 2 N–H and O–H groups in total. The molecule has 3 rings (SSSR count). The number of nitrogens with one attached hydrogen (secondary N) is 1. The van der Waals surface area contributed by atoms with Crippen molar-refractivity contribution < 1.29 is 24.2 Å². The number of likely N-dealkylation sites (tertiary alicyclic amines) is 1. The third kappa shape index (κ3) is 4.19. The zero-order valence-electron chi connectivity index (χ0n) is 16.2. The van der Waals surface area contributed by atoms with Gasteiger partial charge in [0.05, 0.1) is 12.7 Å². The van der Waals surface area contributed by atoms with Gasteiger partial charge in [-0.2, -0.15) is 0 Å². The number of amides is 2. The molecule has 1 aromatic rings. The van der Waals surface area contributed by atoms with E-state index in [2.05, 4.69) is 5.32 Å². The van der Waals surface area contributed by atoms with E-state index in [1.807, 2.05) is 0 Å². The van der Waals surface area contributed by atoms with Gasteiger partial charge in [0.2, 0.25) is 5.91 Å². The number of nitrogens with zero attached hydrogens (tertiary/aromatic N) is 1. The first-order valence-corrected chi connectivity index (χ1v) is 9.93. The maximum atomic E-state index is 13.4. The Kier molecular flexibility index (Phi) is 6.34. The molecule has 1 aromatic carbocycles. The zero-order valence-corrected chi connectivity index (χ0v) is 16.2. The highest BCUT2D eigenvalue weighted by molar-refractivity contribution is 5.98. The molecule has 2 atom stereocenters. The number of methoxy groups -OCH3 is 1. The largest absolute Gasteiger partial charge is 0.467 e. The van der Waals surface area contributed by atoms with Gasteiger partial charge >= 0.3 is 5.97 Å². The Hall–Kier alpha value is -2.41. The molecule has 1 heterocycles. The molecule has 2 amide bonds. The van der Waals surface area contributed by atoms with Gasteiger partial charge in [0.25, 0.3) is 5.91 Å². The fraction of sp³-hybridized carbons (Fsp3) is 0.571. The topological polar surface area (TPSA) is 95.9 Å². The Labute approximate surface area is 165 Å². The Morgan fingerprint density at radius 3 is 2.46 bits per heavy atom. The molecule has 0 aromatic heterocycles. The van der Waals surface area contributed by atoms with E-state index in [1.165, 1.54) is 12.0 Å². The Morgan fingerprint density at radius 2 is 1.82 bits per heavy atom. The van der Waals surface area contributed by atoms with Gasteiger partial charge in [0.1, 0.15) is 12.1 Å². The van der Waals surface area contributed by atoms with E-state index >= 15 is 0 Å². The van der Waals surface area contributed by atoms with Crippen molar-refractivity contribution in [1.29, 1.82) is 0 Å². The number of carbonyl (C=O) groups is 3. The molecule has 2 fully saturated rings. The molecule has 2 aliphatic rings. The molecule has 0 radical (unpaired) electrons. The van der Waals surface area contributed by atoms with Crippen molar-refractivity contribution >= 4 is 17.8 Å². The average Bonchev–Trinajstić information content (AvgIpc) is 3.22. The first kappa shape index (κ1) is 20.3. The zero-order chi connectivity index (χ0) is 20.1. The van der Waals surface area contributed by atoms with Gasteiger partial charge in [-0.05, 0) is 37.8 Å². The number of hydrogen-bond donors (Lipinski definition) is 2. The minimum atomic E-state index is -1.32. The van der Waals surface area contributed by atoms with Crippen molar-refractivity contribution in [3.63, 3.8) is 0 Å². The van der Waals surface area contributed by atoms with Crippen LogP contribution in [0.15, 0.2) is 30.3 Å². The lowest BCUT2D eigenvalue weighted by atomic mass is 9.78. The molecular formula is C21H28N2O5. The summed E-state index contributed by atoms with van der Waals surface area (Å²) in [5, 5.41) is 14.0. The molecule has 1 aliphatic carbocycles. The van der Waals surface area contributed by atoms with E-state index in [1.54, 1.807) is 30.3 Å². The fourth-order valence-electron chi connectivity index (χ4n) is 4.26. The predicted molar refractivity (Wildman–Crippen MR) is 102 cm³/mol. The predicted octanol–water partition coefficient (Wildman–Crippen LogP) is 1.64. The number of hydrogen-bond acceptors (Lipinski definition) is 5. The van der Waals surface area contributed by atoms with Crippen molar-refractivity contribution in [1.82, 2.24) is 10.2 Å². The van der Waals surface area contributed by atoms with Crippen LogP contribution in [0.5, 0.6) is 0 Å². The molecule has 1 saturated heterocycles. The molecule has 0 bridgehead atoms. The smallest absolute Gasteiger partial charge is 0.328 e. The first-order valence-electron chi connectivity index (χ1n) is 9.93. The number of aliphatic hydroxyl groups is 1. The molecule has 0 unspecified atom stereocenters. The van der Waals surface area contributed by atoms with E-state index in [0.29, 0.717) is 37.8 Å². The maximum absolute atomic E-state index is 13.4. The summed E-state index contributed by atoms with van der Waals surface area (Å²) in [5.41, 5.74) is -0.895. The van der Waals surface area contributed by atoms with Gasteiger partial charge in [-0.15, -0.1) is 0 Å². The molecular weight excluding hydrogens is 360 g/mol. The van der Waals surface area contributed by atoms with Crippen molar-refractivity contribution in [2.24, 2.45) is 0 Å².